The van der Waals surface area contributed by atoms with Crippen molar-refractivity contribution in [3.8, 4) is 0 Å². The van der Waals surface area contributed by atoms with Crippen molar-refractivity contribution >= 4 is 27.5 Å². The van der Waals surface area contributed by atoms with Crippen LogP contribution >= 0.6 is 0 Å². The van der Waals surface area contributed by atoms with Crippen molar-refractivity contribution in [1.29, 1.82) is 0 Å². The molecule has 220 valence electrons. The van der Waals surface area contributed by atoms with Gasteiger partial charge in [0.15, 0.2) is 0 Å². The van der Waals surface area contributed by atoms with Crippen LogP contribution in [0.2, 0.25) is 0 Å². The Hall–Kier alpha value is -3.65. The van der Waals surface area contributed by atoms with E-state index in [9.17, 15) is 18.0 Å². The number of nitrogens with zero attached hydrogens (tertiary/aromatic N) is 2. The number of sulfonamides is 1. The third-order valence-electron chi connectivity index (χ3n) is 7.17. The number of hydrogen-bond donors (Lipinski definition) is 1. The van der Waals surface area contributed by atoms with Gasteiger partial charge in [-0.2, -0.15) is 0 Å². The van der Waals surface area contributed by atoms with E-state index in [0.717, 1.165) is 33.7 Å². The van der Waals surface area contributed by atoms with E-state index in [1.54, 1.807) is 12.1 Å². The first kappa shape index (κ1) is 31.9. The van der Waals surface area contributed by atoms with Gasteiger partial charge in [0.05, 0.1) is 11.9 Å². The number of nitrogens with one attached hydrogen (secondary N) is 1. The molecule has 0 radical (unpaired) electrons. The minimum atomic E-state index is -3.81. The van der Waals surface area contributed by atoms with Gasteiger partial charge in [-0.3, -0.25) is 13.9 Å². The predicted molar refractivity (Wildman–Crippen MR) is 166 cm³/mol. The summed E-state index contributed by atoms with van der Waals surface area (Å²) in [5.74, 6) is -0.729. The van der Waals surface area contributed by atoms with E-state index < -0.39 is 28.5 Å². The molecule has 8 heteroatoms. The van der Waals surface area contributed by atoms with E-state index in [0.29, 0.717) is 12.1 Å². The van der Waals surface area contributed by atoms with Gasteiger partial charge in [0.25, 0.3) is 0 Å². The van der Waals surface area contributed by atoms with Gasteiger partial charge in [-0.1, -0.05) is 100 Å². The zero-order valence-corrected chi connectivity index (χ0v) is 25.8. The molecule has 0 heterocycles. The molecule has 2 atom stereocenters. The second-order valence-corrected chi connectivity index (χ2v) is 13.5. The molecular weight excluding hydrogens is 534 g/mol. The Morgan fingerprint density at radius 1 is 0.854 bits per heavy atom. The van der Waals surface area contributed by atoms with Crippen LogP contribution < -0.4 is 9.62 Å². The van der Waals surface area contributed by atoms with Crippen LogP contribution in [0, 0.1) is 0 Å². The number of carbonyl (C=O) groups excluding carboxylic acids is 2. The molecule has 0 saturated carbocycles. The summed E-state index contributed by atoms with van der Waals surface area (Å²) in [5.41, 5.74) is 3.09. The van der Waals surface area contributed by atoms with Gasteiger partial charge in [0.2, 0.25) is 21.8 Å². The first-order chi connectivity index (χ1) is 19.3. The lowest BCUT2D eigenvalue weighted by Crippen LogP contribution is -2.54. The van der Waals surface area contributed by atoms with Crippen LogP contribution in [0.5, 0.6) is 0 Å². The molecule has 2 amide bonds. The molecule has 0 aromatic heterocycles. The molecule has 0 fully saturated rings. The van der Waals surface area contributed by atoms with Gasteiger partial charge < -0.3 is 10.2 Å². The fourth-order valence-electron chi connectivity index (χ4n) is 4.52. The second kappa shape index (κ2) is 13.8. The lowest BCUT2D eigenvalue weighted by molar-refractivity contribution is -0.140. The van der Waals surface area contributed by atoms with Crippen LogP contribution in [0.1, 0.15) is 57.7 Å². The Kier molecular flexibility index (Phi) is 10.7. The van der Waals surface area contributed by atoms with Gasteiger partial charge in [-0.25, -0.2) is 8.42 Å². The molecule has 0 aliphatic rings. The lowest BCUT2D eigenvalue weighted by Gasteiger charge is -2.34. The van der Waals surface area contributed by atoms with Crippen molar-refractivity contribution in [1.82, 2.24) is 10.2 Å². The molecule has 41 heavy (non-hydrogen) atoms. The molecule has 3 aromatic carbocycles. The number of benzene rings is 3. The summed E-state index contributed by atoms with van der Waals surface area (Å²) in [7, 11) is -3.81. The third-order valence-corrected chi connectivity index (χ3v) is 8.31. The molecule has 7 nitrogen and oxygen atoms in total. The molecular formula is C33H43N3O4S. The molecule has 0 aliphatic carbocycles. The molecule has 0 aliphatic heterocycles. The van der Waals surface area contributed by atoms with Crippen LogP contribution in [-0.4, -0.2) is 50.0 Å². The van der Waals surface area contributed by atoms with E-state index in [4.69, 9.17) is 0 Å². The van der Waals surface area contributed by atoms with Crippen LogP contribution in [0.3, 0.4) is 0 Å². The molecule has 3 rings (SSSR count). The highest BCUT2D eigenvalue weighted by atomic mass is 32.2. The summed E-state index contributed by atoms with van der Waals surface area (Å²) in [6.45, 7) is 9.89. The van der Waals surface area contributed by atoms with Crippen LogP contribution in [-0.2, 0) is 38.0 Å². The van der Waals surface area contributed by atoms with Gasteiger partial charge in [0.1, 0.15) is 12.6 Å². The summed E-state index contributed by atoms with van der Waals surface area (Å²) in [6.07, 6.45) is 2.13. The Balaban J connectivity index is 2.03. The summed E-state index contributed by atoms with van der Waals surface area (Å²) in [5, 5.41) is 3.04. The summed E-state index contributed by atoms with van der Waals surface area (Å²) >= 11 is 0. The first-order valence-electron chi connectivity index (χ1n) is 14.1. The average Bonchev–Trinajstić information content (AvgIpc) is 2.93. The quantitative estimate of drug-likeness (QED) is 0.316. The van der Waals surface area contributed by atoms with E-state index in [2.05, 4.69) is 26.1 Å². The highest BCUT2D eigenvalue weighted by Gasteiger charge is 2.33. The topological polar surface area (TPSA) is 86.8 Å². The Morgan fingerprint density at radius 3 is 1.88 bits per heavy atom. The van der Waals surface area contributed by atoms with Gasteiger partial charge in [-0.15, -0.1) is 0 Å². The number of hydrogen-bond acceptors (Lipinski definition) is 4. The predicted octanol–water partition coefficient (Wildman–Crippen LogP) is 5.30. The van der Waals surface area contributed by atoms with Gasteiger partial charge >= 0.3 is 0 Å². The minimum Gasteiger partial charge on any atom is -0.352 e. The SMILES string of the molecule is CC[C@@H](C)NC(=O)[C@H](Cc1ccccc1)N(Cc1ccccc1)C(=O)CN(c1ccc(C(C)(C)C)cc1)S(C)(=O)=O. The molecule has 0 bridgehead atoms. The van der Waals surface area contributed by atoms with E-state index in [1.165, 1.54) is 4.90 Å². The summed E-state index contributed by atoms with van der Waals surface area (Å²) < 4.78 is 27.1. The summed E-state index contributed by atoms with van der Waals surface area (Å²) in [6, 6.07) is 25.3. The summed E-state index contributed by atoms with van der Waals surface area (Å²) in [4.78, 5) is 29.4. The van der Waals surface area contributed by atoms with Crippen molar-refractivity contribution in [2.45, 2.75) is 71.5 Å². The maximum atomic E-state index is 14.1. The van der Waals surface area contributed by atoms with Gasteiger partial charge in [0, 0.05) is 19.0 Å². The van der Waals surface area contributed by atoms with Crippen LogP contribution in [0.25, 0.3) is 0 Å². The fraction of sp³-hybridized carbons (Fsp3) is 0.394. The fourth-order valence-corrected chi connectivity index (χ4v) is 5.37. The van der Waals surface area contributed by atoms with Crippen molar-refractivity contribution in [3.05, 3.63) is 102 Å². The van der Waals surface area contributed by atoms with Crippen molar-refractivity contribution < 1.29 is 18.0 Å². The van der Waals surface area contributed by atoms with Gasteiger partial charge in [-0.05, 0) is 47.6 Å². The molecule has 3 aromatic rings. The number of anilines is 1. The highest BCUT2D eigenvalue weighted by molar-refractivity contribution is 7.92. The van der Waals surface area contributed by atoms with E-state index in [-0.39, 0.29) is 23.9 Å². The monoisotopic (exact) mass is 577 g/mol. The molecule has 1 N–H and O–H groups in total. The minimum absolute atomic E-state index is 0.0803. The zero-order chi connectivity index (χ0) is 30.2. The van der Waals surface area contributed by atoms with E-state index in [1.807, 2.05) is 86.6 Å². The average molecular weight is 578 g/mol. The zero-order valence-electron chi connectivity index (χ0n) is 25.0. The maximum Gasteiger partial charge on any atom is 0.244 e. The number of carbonyl (C=O) groups is 2. The number of rotatable bonds is 12. The Morgan fingerprint density at radius 2 is 1.39 bits per heavy atom. The van der Waals surface area contributed by atoms with Crippen LogP contribution in [0.15, 0.2) is 84.9 Å². The highest BCUT2D eigenvalue weighted by Crippen LogP contribution is 2.26. The van der Waals surface area contributed by atoms with Crippen molar-refractivity contribution in [3.63, 3.8) is 0 Å². The normalized spacial score (nSPS) is 13.2. The molecule has 0 spiro atoms. The smallest absolute Gasteiger partial charge is 0.244 e. The number of amides is 2. The third kappa shape index (κ3) is 9.18. The standard InChI is InChI=1S/C33H43N3O4S/c1-7-25(2)34-32(38)30(22-26-14-10-8-11-15-26)35(23-27-16-12-9-13-17-27)31(37)24-36(41(6,39)40)29-20-18-28(19-21-29)33(3,4)5/h8-21,25,30H,7,22-24H2,1-6H3,(H,34,38)/t25-,30+/m1/s1. The molecule has 0 saturated heterocycles. The van der Waals surface area contributed by atoms with Crippen molar-refractivity contribution in [2.75, 3.05) is 17.1 Å². The lowest BCUT2D eigenvalue weighted by atomic mass is 9.87. The first-order valence-corrected chi connectivity index (χ1v) is 15.9. The second-order valence-electron chi connectivity index (χ2n) is 11.6. The molecule has 0 unspecified atom stereocenters. The Bertz CT molecular complexity index is 1390. The maximum absolute atomic E-state index is 14.1. The van der Waals surface area contributed by atoms with Crippen molar-refractivity contribution in [2.24, 2.45) is 0 Å². The van der Waals surface area contributed by atoms with Crippen LogP contribution in [0.4, 0.5) is 5.69 Å². The Labute approximate surface area is 245 Å². The largest absolute Gasteiger partial charge is 0.352 e. The van der Waals surface area contributed by atoms with E-state index >= 15 is 0 Å².